The quantitative estimate of drug-likeness (QED) is 0.669. The third-order valence-electron chi connectivity index (χ3n) is 6.20. The summed E-state index contributed by atoms with van der Waals surface area (Å²) in [5, 5.41) is 3.64. The summed E-state index contributed by atoms with van der Waals surface area (Å²) in [4.78, 5) is 34.7. The Kier molecular flexibility index (Phi) is 4.61. The molecule has 1 amide bonds. The van der Waals surface area contributed by atoms with Crippen LogP contribution in [0.3, 0.4) is 0 Å². The highest BCUT2D eigenvalue weighted by Gasteiger charge is 2.66. The number of amides is 1. The molecule has 1 unspecified atom stereocenters. The summed E-state index contributed by atoms with van der Waals surface area (Å²) in [6.45, 7) is 8.37. The summed E-state index contributed by atoms with van der Waals surface area (Å²) < 4.78 is 13.3. The molecule has 0 radical (unpaired) electrons. The van der Waals surface area contributed by atoms with E-state index in [0.717, 1.165) is 20.8 Å². The van der Waals surface area contributed by atoms with Gasteiger partial charge in [0.15, 0.2) is 0 Å². The number of aromatic nitrogens is 2. The van der Waals surface area contributed by atoms with Crippen LogP contribution in [0.1, 0.15) is 42.1 Å². The van der Waals surface area contributed by atoms with Crippen molar-refractivity contribution in [3.05, 3.63) is 62.3 Å². The average Bonchev–Trinajstić information content (AvgIpc) is 3.13. The molecule has 0 aliphatic heterocycles. The average molecular weight is 414 g/mol. The molecule has 1 atom stereocenters. The lowest BCUT2D eigenvalue weighted by Gasteiger charge is -2.20. The van der Waals surface area contributed by atoms with Crippen molar-refractivity contribution in [1.82, 2.24) is 15.3 Å². The van der Waals surface area contributed by atoms with Crippen molar-refractivity contribution in [2.24, 2.45) is 5.41 Å². The topological polar surface area (TPSA) is 74.8 Å². The summed E-state index contributed by atoms with van der Waals surface area (Å²) in [5.41, 5.74) is 0.832. The maximum Gasteiger partial charge on any atom is 0.259 e. The second kappa shape index (κ2) is 6.76. The van der Waals surface area contributed by atoms with Crippen LogP contribution in [-0.4, -0.2) is 22.4 Å². The smallest absolute Gasteiger partial charge is 0.259 e. The number of nitrogens with zero attached hydrogens (tertiary/aromatic N) is 1. The highest BCUT2D eigenvalue weighted by molar-refractivity contribution is 7.18. The van der Waals surface area contributed by atoms with Crippen molar-refractivity contribution < 1.29 is 9.18 Å². The first-order chi connectivity index (χ1) is 13.7. The van der Waals surface area contributed by atoms with E-state index in [9.17, 15) is 14.0 Å². The van der Waals surface area contributed by atoms with Gasteiger partial charge in [-0.1, -0.05) is 26.0 Å². The Morgan fingerprint density at radius 2 is 1.93 bits per heavy atom. The van der Waals surface area contributed by atoms with Crippen molar-refractivity contribution in [3.63, 3.8) is 0 Å². The normalized spacial score (nSPS) is 20.0. The van der Waals surface area contributed by atoms with Gasteiger partial charge in [0.05, 0.1) is 10.8 Å². The van der Waals surface area contributed by atoms with Crippen molar-refractivity contribution >= 4 is 27.5 Å². The Labute approximate surface area is 172 Å². The number of benzene rings is 1. The fourth-order valence-corrected chi connectivity index (χ4v) is 5.28. The molecule has 1 aliphatic carbocycles. The number of carbonyl (C=O) groups excluding carboxylic acids is 1. The van der Waals surface area contributed by atoms with Crippen molar-refractivity contribution in [2.75, 3.05) is 6.54 Å². The van der Waals surface area contributed by atoms with Crippen LogP contribution < -0.4 is 10.9 Å². The summed E-state index contributed by atoms with van der Waals surface area (Å²) in [5.74, 6) is 0.183. The second-order valence-electron chi connectivity index (χ2n) is 8.45. The first kappa shape index (κ1) is 19.8. The number of aromatic amines is 1. The minimum absolute atomic E-state index is 0.0691. The maximum absolute atomic E-state index is 13.3. The molecule has 2 heterocycles. The highest BCUT2D eigenvalue weighted by Crippen LogP contribution is 2.64. The molecule has 1 aliphatic rings. The summed E-state index contributed by atoms with van der Waals surface area (Å²) in [7, 11) is 0. The lowest BCUT2D eigenvalue weighted by molar-refractivity contribution is -0.124. The van der Waals surface area contributed by atoms with Crippen LogP contribution in [-0.2, 0) is 16.6 Å². The van der Waals surface area contributed by atoms with E-state index in [1.165, 1.54) is 23.5 Å². The molecule has 0 spiro atoms. The largest absolute Gasteiger partial charge is 0.355 e. The molecule has 0 bridgehead atoms. The van der Waals surface area contributed by atoms with E-state index in [4.69, 9.17) is 0 Å². The zero-order valence-corrected chi connectivity index (χ0v) is 17.8. The van der Waals surface area contributed by atoms with Gasteiger partial charge in [-0.15, -0.1) is 11.3 Å². The van der Waals surface area contributed by atoms with Crippen LogP contribution in [0.2, 0.25) is 0 Å². The standard InChI is InChI=1S/C22H24FN3O2S/c1-12-13(2)29-19-17(12)18(27)25-16(26-19)9-10-24-20(28)22(11-21(22,3)4)14-5-7-15(23)8-6-14/h5-8H,9-11H2,1-4H3,(H,24,28)(H,25,26,27). The molecule has 29 heavy (non-hydrogen) atoms. The molecule has 0 saturated heterocycles. The number of thiophene rings is 1. The molecular weight excluding hydrogens is 389 g/mol. The number of halogens is 1. The van der Waals surface area contributed by atoms with Gasteiger partial charge in [0.1, 0.15) is 16.5 Å². The predicted molar refractivity (Wildman–Crippen MR) is 113 cm³/mol. The number of carbonyl (C=O) groups is 1. The van der Waals surface area contributed by atoms with Gasteiger partial charge >= 0.3 is 0 Å². The number of hydrogen-bond acceptors (Lipinski definition) is 4. The molecule has 1 aromatic carbocycles. The molecule has 1 saturated carbocycles. The van der Waals surface area contributed by atoms with Gasteiger partial charge in [-0.2, -0.15) is 0 Å². The molecule has 3 aromatic rings. The number of H-pyrrole nitrogens is 1. The summed E-state index contributed by atoms with van der Waals surface area (Å²) in [6.07, 6.45) is 1.15. The van der Waals surface area contributed by atoms with E-state index in [1.54, 1.807) is 12.1 Å². The molecule has 5 nitrogen and oxygen atoms in total. The van der Waals surface area contributed by atoms with E-state index >= 15 is 0 Å². The van der Waals surface area contributed by atoms with Gasteiger partial charge in [-0.25, -0.2) is 9.37 Å². The first-order valence-electron chi connectivity index (χ1n) is 9.69. The lowest BCUT2D eigenvalue weighted by Crippen LogP contribution is -2.39. The molecule has 7 heteroatoms. The second-order valence-corrected chi connectivity index (χ2v) is 9.66. The Morgan fingerprint density at radius 1 is 1.28 bits per heavy atom. The van der Waals surface area contributed by atoms with Gasteiger partial charge in [0.25, 0.3) is 5.56 Å². The summed E-state index contributed by atoms with van der Waals surface area (Å²) in [6, 6.07) is 6.18. The Morgan fingerprint density at radius 3 is 2.55 bits per heavy atom. The van der Waals surface area contributed by atoms with E-state index in [0.29, 0.717) is 30.6 Å². The number of fused-ring (bicyclic) bond motifs is 1. The number of rotatable bonds is 5. The first-order valence-corrected chi connectivity index (χ1v) is 10.5. The van der Waals surface area contributed by atoms with Gasteiger partial charge in [-0.3, -0.25) is 9.59 Å². The van der Waals surface area contributed by atoms with Crippen LogP contribution in [0.25, 0.3) is 10.2 Å². The van der Waals surface area contributed by atoms with Gasteiger partial charge in [0, 0.05) is 17.8 Å². The maximum atomic E-state index is 13.3. The molecule has 4 rings (SSSR count). The van der Waals surface area contributed by atoms with E-state index in [1.807, 2.05) is 27.7 Å². The minimum atomic E-state index is -0.645. The fraction of sp³-hybridized carbons (Fsp3) is 0.409. The van der Waals surface area contributed by atoms with Crippen LogP contribution in [0.5, 0.6) is 0 Å². The molecule has 2 N–H and O–H groups in total. The zero-order valence-electron chi connectivity index (χ0n) is 17.0. The fourth-order valence-electron chi connectivity index (χ4n) is 4.23. The van der Waals surface area contributed by atoms with Gasteiger partial charge in [-0.05, 0) is 48.9 Å². The number of nitrogens with one attached hydrogen (secondary N) is 2. The Hall–Kier alpha value is -2.54. The molecule has 2 aromatic heterocycles. The van der Waals surface area contributed by atoms with E-state index < -0.39 is 5.41 Å². The molecule has 1 fully saturated rings. The SMILES string of the molecule is Cc1sc2nc(CCNC(=O)C3(c4ccc(F)cc4)CC3(C)C)[nH]c(=O)c2c1C. The molecular formula is C22H24FN3O2S. The Bertz CT molecular complexity index is 1160. The van der Waals surface area contributed by atoms with Crippen LogP contribution in [0, 0.1) is 25.1 Å². The van der Waals surface area contributed by atoms with Gasteiger partial charge in [0.2, 0.25) is 5.91 Å². The number of aryl methyl sites for hydroxylation is 2. The molecule has 152 valence electrons. The Balaban J connectivity index is 1.49. The highest BCUT2D eigenvalue weighted by atomic mass is 32.1. The van der Waals surface area contributed by atoms with Crippen molar-refractivity contribution in [2.45, 2.75) is 46.0 Å². The number of hydrogen-bond donors (Lipinski definition) is 2. The minimum Gasteiger partial charge on any atom is -0.355 e. The summed E-state index contributed by atoms with van der Waals surface area (Å²) >= 11 is 1.51. The van der Waals surface area contributed by atoms with Crippen molar-refractivity contribution in [3.8, 4) is 0 Å². The van der Waals surface area contributed by atoms with E-state index in [2.05, 4.69) is 15.3 Å². The van der Waals surface area contributed by atoms with E-state index in [-0.39, 0.29) is 22.7 Å². The predicted octanol–water partition coefficient (Wildman–Crippen LogP) is 3.77. The van der Waals surface area contributed by atoms with Crippen LogP contribution >= 0.6 is 11.3 Å². The van der Waals surface area contributed by atoms with Crippen LogP contribution in [0.4, 0.5) is 4.39 Å². The third-order valence-corrected chi connectivity index (χ3v) is 7.30. The monoisotopic (exact) mass is 413 g/mol. The van der Waals surface area contributed by atoms with Gasteiger partial charge < -0.3 is 10.3 Å². The van der Waals surface area contributed by atoms with Crippen LogP contribution in [0.15, 0.2) is 29.1 Å². The zero-order chi connectivity index (χ0) is 21.0. The lowest BCUT2D eigenvalue weighted by atomic mass is 9.87. The van der Waals surface area contributed by atoms with Crippen molar-refractivity contribution in [1.29, 1.82) is 0 Å². The third kappa shape index (κ3) is 3.17.